The number of allylic oxidation sites excluding steroid dienone is 2. The molecule has 0 radical (unpaired) electrons. The summed E-state index contributed by atoms with van der Waals surface area (Å²) in [5.74, 6) is 0. The van der Waals surface area contributed by atoms with Crippen molar-refractivity contribution in [2.75, 3.05) is 5.32 Å². The van der Waals surface area contributed by atoms with Crippen LogP contribution in [-0.4, -0.2) is 0 Å². The first kappa shape index (κ1) is 20.7. The van der Waals surface area contributed by atoms with Gasteiger partial charge in [0.05, 0.1) is 0 Å². The van der Waals surface area contributed by atoms with Gasteiger partial charge in [0.25, 0.3) is 0 Å². The highest BCUT2D eigenvalue weighted by atomic mass is 14.8. The van der Waals surface area contributed by atoms with E-state index in [1.807, 2.05) is 24.4 Å². The van der Waals surface area contributed by atoms with Gasteiger partial charge in [0.2, 0.25) is 0 Å². The predicted molar refractivity (Wildman–Crippen MR) is 135 cm³/mol. The number of para-hydroxylation sites is 1. The van der Waals surface area contributed by atoms with Crippen molar-refractivity contribution in [1.82, 2.24) is 0 Å². The Balaban J connectivity index is 1.77. The Kier molecular flexibility index (Phi) is 6.04. The monoisotopic (exact) mass is 403 g/mol. The summed E-state index contributed by atoms with van der Waals surface area (Å²) in [5, 5.41) is 5.94. The summed E-state index contributed by atoms with van der Waals surface area (Å²) >= 11 is 0. The Morgan fingerprint density at radius 3 is 2.23 bits per heavy atom. The average Bonchev–Trinajstić information content (AvgIpc) is 2.80. The van der Waals surface area contributed by atoms with Crippen LogP contribution in [-0.2, 0) is 11.8 Å². The molecular weight excluding hydrogens is 374 g/mol. The van der Waals surface area contributed by atoms with Crippen LogP contribution in [0.4, 0.5) is 5.69 Å². The molecule has 0 saturated carbocycles. The molecule has 1 atom stereocenters. The third-order valence-corrected chi connectivity index (χ3v) is 6.11. The Labute approximate surface area is 185 Å². The molecule has 154 valence electrons. The summed E-state index contributed by atoms with van der Waals surface area (Å²) in [5.41, 5.74) is 5.85. The van der Waals surface area contributed by atoms with Gasteiger partial charge in [-0.1, -0.05) is 98.4 Å². The molecule has 0 spiro atoms. The lowest BCUT2D eigenvalue weighted by molar-refractivity contribution is 0.569. The highest BCUT2D eigenvalue weighted by Gasteiger charge is 2.32. The fourth-order valence-corrected chi connectivity index (χ4v) is 4.44. The first-order valence-electron chi connectivity index (χ1n) is 10.8. The van der Waals surface area contributed by atoms with Crippen LogP contribution in [0.15, 0.2) is 121 Å². The van der Waals surface area contributed by atoms with Crippen LogP contribution < -0.4 is 5.32 Å². The molecule has 0 amide bonds. The SMILES string of the molecule is C=C(/C=C/Nc1ccccc1)C(C)(Cc1ccccc1)c1c(C)ccc2ccccc12. The molecule has 4 aromatic carbocycles. The maximum absolute atomic E-state index is 4.55. The molecule has 0 aliphatic rings. The van der Waals surface area contributed by atoms with E-state index in [1.165, 1.54) is 27.5 Å². The summed E-state index contributed by atoms with van der Waals surface area (Å²) < 4.78 is 0. The molecule has 4 aromatic rings. The predicted octanol–water partition coefficient (Wildman–Crippen LogP) is 7.83. The number of nitrogens with one attached hydrogen (secondary N) is 1. The second-order valence-corrected chi connectivity index (χ2v) is 8.34. The number of anilines is 1. The topological polar surface area (TPSA) is 12.0 Å². The summed E-state index contributed by atoms with van der Waals surface area (Å²) in [6.07, 6.45) is 5.01. The molecule has 0 fully saturated rings. The molecule has 1 heteroatoms. The van der Waals surface area contributed by atoms with Gasteiger partial charge in [0.15, 0.2) is 0 Å². The minimum Gasteiger partial charge on any atom is -0.362 e. The number of benzene rings is 4. The van der Waals surface area contributed by atoms with E-state index in [0.29, 0.717) is 0 Å². The normalized spacial score (nSPS) is 13.2. The van der Waals surface area contributed by atoms with Gasteiger partial charge in [-0.3, -0.25) is 0 Å². The van der Waals surface area contributed by atoms with Gasteiger partial charge in [0.1, 0.15) is 0 Å². The van der Waals surface area contributed by atoms with Crippen LogP contribution in [0.25, 0.3) is 10.8 Å². The maximum atomic E-state index is 4.55. The third kappa shape index (κ3) is 4.46. The molecule has 0 aromatic heterocycles. The van der Waals surface area contributed by atoms with Crippen molar-refractivity contribution in [3.05, 3.63) is 138 Å². The third-order valence-electron chi connectivity index (χ3n) is 6.11. The summed E-state index contributed by atoms with van der Waals surface area (Å²) in [6.45, 7) is 9.09. The summed E-state index contributed by atoms with van der Waals surface area (Å²) in [6, 6.07) is 34.0. The number of hydrogen-bond acceptors (Lipinski definition) is 1. The number of hydrogen-bond donors (Lipinski definition) is 1. The van der Waals surface area contributed by atoms with Crippen molar-refractivity contribution < 1.29 is 0 Å². The van der Waals surface area contributed by atoms with E-state index in [2.05, 4.69) is 111 Å². The first-order chi connectivity index (χ1) is 15.1. The Bertz CT molecular complexity index is 1210. The molecule has 1 unspecified atom stereocenters. The van der Waals surface area contributed by atoms with E-state index in [1.54, 1.807) is 0 Å². The lowest BCUT2D eigenvalue weighted by Crippen LogP contribution is -2.28. The highest BCUT2D eigenvalue weighted by molar-refractivity contribution is 5.88. The molecular formula is C30H29N. The van der Waals surface area contributed by atoms with E-state index in [9.17, 15) is 0 Å². The first-order valence-corrected chi connectivity index (χ1v) is 10.8. The van der Waals surface area contributed by atoms with Gasteiger partial charge >= 0.3 is 0 Å². The van der Waals surface area contributed by atoms with Crippen molar-refractivity contribution in [3.8, 4) is 0 Å². The van der Waals surface area contributed by atoms with Crippen LogP contribution in [0.3, 0.4) is 0 Å². The van der Waals surface area contributed by atoms with Crippen LogP contribution in [0.2, 0.25) is 0 Å². The largest absolute Gasteiger partial charge is 0.362 e. The van der Waals surface area contributed by atoms with Crippen LogP contribution >= 0.6 is 0 Å². The zero-order valence-corrected chi connectivity index (χ0v) is 18.3. The molecule has 0 aliphatic heterocycles. The van der Waals surface area contributed by atoms with Gasteiger partial charge in [0, 0.05) is 17.3 Å². The molecule has 4 rings (SSSR count). The average molecular weight is 404 g/mol. The fraction of sp³-hybridized carbons (Fsp3) is 0.133. The number of rotatable bonds is 7. The molecule has 0 saturated heterocycles. The molecule has 1 N–H and O–H groups in total. The van der Waals surface area contributed by atoms with Gasteiger partial charge in [-0.15, -0.1) is 0 Å². The van der Waals surface area contributed by atoms with E-state index >= 15 is 0 Å². The molecule has 31 heavy (non-hydrogen) atoms. The Morgan fingerprint density at radius 1 is 0.839 bits per heavy atom. The fourth-order valence-electron chi connectivity index (χ4n) is 4.44. The smallest absolute Gasteiger partial charge is 0.0379 e. The van der Waals surface area contributed by atoms with E-state index in [-0.39, 0.29) is 5.41 Å². The van der Waals surface area contributed by atoms with Crippen LogP contribution in [0.1, 0.15) is 23.6 Å². The number of fused-ring (bicyclic) bond motifs is 1. The van der Waals surface area contributed by atoms with E-state index in [4.69, 9.17) is 0 Å². The van der Waals surface area contributed by atoms with Crippen molar-refractivity contribution >= 4 is 16.5 Å². The standard InChI is InChI=1S/C30H29N/c1-23-18-19-26-14-10-11-17-28(26)29(23)30(3,22-25-12-6-4-7-13-25)24(2)20-21-31-27-15-8-5-9-16-27/h4-21,31H,2,22H2,1,3H3/b21-20+. The number of aryl methyl sites for hydroxylation is 1. The lowest BCUT2D eigenvalue weighted by atomic mass is 9.69. The minimum absolute atomic E-state index is 0.249. The zero-order valence-electron chi connectivity index (χ0n) is 18.3. The van der Waals surface area contributed by atoms with Gasteiger partial charge in [-0.05, 0) is 64.6 Å². The molecule has 0 aliphatic carbocycles. The molecule has 0 heterocycles. The van der Waals surface area contributed by atoms with Crippen molar-refractivity contribution in [2.24, 2.45) is 0 Å². The van der Waals surface area contributed by atoms with Crippen molar-refractivity contribution in [1.29, 1.82) is 0 Å². The van der Waals surface area contributed by atoms with Crippen molar-refractivity contribution in [3.63, 3.8) is 0 Å². The summed E-state index contributed by atoms with van der Waals surface area (Å²) in [7, 11) is 0. The van der Waals surface area contributed by atoms with Gasteiger partial charge in [-0.2, -0.15) is 0 Å². The highest BCUT2D eigenvalue weighted by Crippen LogP contribution is 2.41. The second-order valence-electron chi connectivity index (χ2n) is 8.34. The summed E-state index contributed by atoms with van der Waals surface area (Å²) in [4.78, 5) is 0. The lowest BCUT2D eigenvalue weighted by Gasteiger charge is -2.34. The minimum atomic E-state index is -0.249. The van der Waals surface area contributed by atoms with Gasteiger partial charge < -0.3 is 5.32 Å². The maximum Gasteiger partial charge on any atom is 0.0379 e. The Morgan fingerprint density at radius 2 is 1.48 bits per heavy atom. The van der Waals surface area contributed by atoms with Crippen molar-refractivity contribution in [2.45, 2.75) is 25.7 Å². The van der Waals surface area contributed by atoms with Crippen LogP contribution in [0.5, 0.6) is 0 Å². The second kappa shape index (κ2) is 9.06. The van der Waals surface area contributed by atoms with Crippen LogP contribution in [0, 0.1) is 6.92 Å². The van der Waals surface area contributed by atoms with E-state index < -0.39 is 0 Å². The Hall–Kier alpha value is -3.58. The quantitative estimate of drug-likeness (QED) is 0.310. The van der Waals surface area contributed by atoms with E-state index in [0.717, 1.165) is 17.7 Å². The molecule has 0 bridgehead atoms. The molecule has 1 nitrogen and oxygen atoms in total. The zero-order chi connectivity index (χ0) is 21.7. The van der Waals surface area contributed by atoms with Gasteiger partial charge in [-0.25, -0.2) is 0 Å².